The van der Waals surface area contributed by atoms with E-state index in [1.165, 1.54) is 48.3 Å². The Kier molecular flexibility index (Phi) is 6.13. The highest BCUT2D eigenvalue weighted by atomic mass is 19.1. The average molecular weight is 375 g/mol. The van der Waals surface area contributed by atoms with Gasteiger partial charge in [0.25, 0.3) is 0 Å². The monoisotopic (exact) mass is 374 g/mol. The molecule has 0 saturated carbocycles. The number of likely N-dealkylation sites (tertiary alicyclic amines) is 1. The molecule has 4 rings (SSSR count). The minimum absolute atomic E-state index is 0.189. The normalized spacial score (nSPS) is 17.5. The molecule has 1 aliphatic heterocycles. The minimum Gasteiger partial charge on any atom is -0.302 e. The fourth-order valence-electron chi connectivity index (χ4n) is 4.05. The zero-order valence-electron chi connectivity index (χ0n) is 16.2. The fourth-order valence-corrected chi connectivity index (χ4v) is 4.05. The van der Waals surface area contributed by atoms with Crippen LogP contribution in [-0.4, -0.2) is 29.5 Å². The summed E-state index contributed by atoms with van der Waals surface area (Å²) in [4.78, 5) is 7.35. The first-order valence-electron chi connectivity index (χ1n) is 10.2. The number of pyridine rings is 1. The third-order valence-electron chi connectivity index (χ3n) is 5.65. The Balaban J connectivity index is 1.33. The van der Waals surface area contributed by atoms with Crippen LogP contribution in [0.25, 0.3) is 0 Å². The predicted octanol–water partition coefficient (Wildman–Crippen LogP) is 5.23. The van der Waals surface area contributed by atoms with Crippen LogP contribution in [0.2, 0.25) is 0 Å². The molecule has 1 saturated heterocycles. The molecule has 1 fully saturated rings. The van der Waals surface area contributed by atoms with Crippen molar-refractivity contribution in [2.24, 2.45) is 0 Å². The number of halogens is 1. The third-order valence-corrected chi connectivity index (χ3v) is 5.65. The van der Waals surface area contributed by atoms with E-state index in [1.807, 2.05) is 18.3 Å². The van der Waals surface area contributed by atoms with Gasteiger partial charge in [-0.1, -0.05) is 48.5 Å². The number of aromatic nitrogens is 1. The van der Waals surface area contributed by atoms with Gasteiger partial charge < -0.3 is 4.90 Å². The number of piperidine rings is 1. The van der Waals surface area contributed by atoms with Gasteiger partial charge in [-0.3, -0.25) is 4.98 Å². The molecule has 0 bridgehead atoms. The maximum atomic E-state index is 13.1. The van der Waals surface area contributed by atoms with Crippen LogP contribution in [0.15, 0.2) is 72.9 Å². The largest absolute Gasteiger partial charge is 0.302 e. The van der Waals surface area contributed by atoms with Crippen molar-refractivity contribution in [1.29, 1.82) is 0 Å². The Morgan fingerprint density at radius 2 is 1.68 bits per heavy atom. The molecule has 2 heterocycles. The van der Waals surface area contributed by atoms with Crippen molar-refractivity contribution in [3.8, 4) is 0 Å². The highest BCUT2D eigenvalue weighted by molar-refractivity contribution is 5.26. The topological polar surface area (TPSA) is 16.1 Å². The number of hydrogen-bond donors (Lipinski definition) is 0. The first-order chi connectivity index (χ1) is 13.8. The second kappa shape index (κ2) is 9.11. The van der Waals surface area contributed by atoms with Gasteiger partial charge in [-0.2, -0.15) is 0 Å². The molecule has 0 amide bonds. The van der Waals surface area contributed by atoms with Crippen LogP contribution in [0.3, 0.4) is 0 Å². The molecule has 28 heavy (non-hydrogen) atoms. The van der Waals surface area contributed by atoms with Gasteiger partial charge in [0, 0.05) is 30.9 Å². The van der Waals surface area contributed by atoms with Crippen LogP contribution < -0.4 is 0 Å². The van der Waals surface area contributed by atoms with E-state index in [9.17, 15) is 4.39 Å². The summed E-state index contributed by atoms with van der Waals surface area (Å²) in [6.07, 6.45) is 6.34. The molecule has 3 heteroatoms. The Bertz CT molecular complexity index is 859. The molecule has 1 atom stereocenters. The zero-order chi connectivity index (χ0) is 19.2. The van der Waals surface area contributed by atoms with Crippen LogP contribution in [0.5, 0.6) is 0 Å². The van der Waals surface area contributed by atoms with Crippen molar-refractivity contribution < 1.29 is 4.39 Å². The SMILES string of the molecule is Fc1ccc(Cc2ccc(C3CCCN(CCc4ccccc4)C3)nc2)cc1. The van der Waals surface area contributed by atoms with E-state index < -0.39 is 0 Å². The summed E-state index contributed by atoms with van der Waals surface area (Å²) in [6, 6.07) is 21.8. The van der Waals surface area contributed by atoms with E-state index in [-0.39, 0.29) is 5.82 Å². The Labute approximate surface area is 167 Å². The first-order valence-corrected chi connectivity index (χ1v) is 10.2. The molecule has 0 aliphatic carbocycles. The molecule has 0 N–H and O–H groups in total. The Morgan fingerprint density at radius 3 is 2.43 bits per heavy atom. The molecule has 3 aromatic rings. The molecule has 1 aromatic heterocycles. The molecular weight excluding hydrogens is 347 g/mol. The smallest absolute Gasteiger partial charge is 0.123 e. The molecule has 1 unspecified atom stereocenters. The number of nitrogens with zero attached hydrogens (tertiary/aromatic N) is 2. The van der Waals surface area contributed by atoms with Gasteiger partial charge in [0.2, 0.25) is 0 Å². The second-order valence-corrected chi connectivity index (χ2v) is 7.77. The summed E-state index contributed by atoms with van der Waals surface area (Å²) in [6.45, 7) is 3.40. The summed E-state index contributed by atoms with van der Waals surface area (Å²) in [5.74, 6) is 0.329. The molecule has 1 aliphatic rings. The lowest BCUT2D eigenvalue weighted by Gasteiger charge is -2.32. The van der Waals surface area contributed by atoms with Crippen LogP contribution >= 0.6 is 0 Å². The second-order valence-electron chi connectivity index (χ2n) is 7.77. The van der Waals surface area contributed by atoms with Crippen molar-refractivity contribution in [3.63, 3.8) is 0 Å². The van der Waals surface area contributed by atoms with E-state index in [2.05, 4.69) is 47.4 Å². The summed E-state index contributed by atoms with van der Waals surface area (Å²) in [7, 11) is 0. The van der Waals surface area contributed by atoms with Gasteiger partial charge >= 0.3 is 0 Å². The van der Waals surface area contributed by atoms with Crippen molar-refractivity contribution in [1.82, 2.24) is 9.88 Å². The Hall–Kier alpha value is -2.52. The highest BCUT2D eigenvalue weighted by Gasteiger charge is 2.22. The van der Waals surface area contributed by atoms with Crippen LogP contribution in [0.1, 0.15) is 41.1 Å². The van der Waals surface area contributed by atoms with Gasteiger partial charge in [-0.25, -0.2) is 4.39 Å². The highest BCUT2D eigenvalue weighted by Crippen LogP contribution is 2.26. The van der Waals surface area contributed by atoms with Gasteiger partial charge in [-0.15, -0.1) is 0 Å². The molecule has 2 nitrogen and oxygen atoms in total. The van der Waals surface area contributed by atoms with Gasteiger partial charge in [0.05, 0.1) is 0 Å². The fraction of sp³-hybridized carbons (Fsp3) is 0.320. The van der Waals surface area contributed by atoms with Crippen molar-refractivity contribution in [2.45, 2.75) is 31.6 Å². The lowest BCUT2D eigenvalue weighted by atomic mass is 9.93. The lowest BCUT2D eigenvalue weighted by Crippen LogP contribution is -2.36. The van der Waals surface area contributed by atoms with Crippen LogP contribution in [0.4, 0.5) is 4.39 Å². The number of hydrogen-bond acceptors (Lipinski definition) is 2. The molecule has 0 radical (unpaired) electrons. The molecule has 2 aromatic carbocycles. The van der Waals surface area contributed by atoms with E-state index in [0.717, 1.165) is 31.5 Å². The van der Waals surface area contributed by atoms with E-state index in [0.29, 0.717) is 5.92 Å². The maximum Gasteiger partial charge on any atom is 0.123 e. The first kappa shape index (κ1) is 18.8. The minimum atomic E-state index is -0.189. The molecule has 144 valence electrons. The van der Waals surface area contributed by atoms with Gasteiger partial charge in [-0.05, 0) is 67.1 Å². The van der Waals surface area contributed by atoms with Crippen LogP contribution in [0, 0.1) is 5.82 Å². The average Bonchev–Trinajstić information content (AvgIpc) is 2.75. The standard InChI is InChI=1S/C25H27FN2/c26-24-11-8-21(9-12-24)17-22-10-13-25(27-18-22)23-7-4-15-28(19-23)16-14-20-5-2-1-3-6-20/h1-3,5-6,8-13,18,23H,4,7,14-17,19H2. The van der Waals surface area contributed by atoms with Gasteiger partial charge in [0.15, 0.2) is 0 Å². The van der Waals surface area contributed by atoms with Crippen LogP contribution in [-0.2, 0) is 12.8 Å². The molecule has 0 spiro atoms. The maximum absolute atomic E-state index is 13.1. The zero-order valence-corrected chi connectivity index (χ0v) is 16.2. The number of rotatable bonds is 6. The van der Waals surface area contributed by atoms with Crippen molar-refractivity contribution in [3.05, 3.63) is 101 Å². The van der Waals surface area contributed by atoms with E-state index in [4.69, 9.17) is 4.98 Å². The number of benzene rings is 2. The third kappa shape index (κ3) is 5.05. The summed E-state index contributed by atoms with van der Waals surface area (Å²) in [5.41, 5.74) is 4.90. The quantitative estimate of drug-likeness (QED) is 0.587. The summed E-state index contributed by atoms with van der Waals surface area (Å²) in [5, 5.41) is 0. The Morgan fingerprint density at radius 1 is 0.893 bits per heavy atom. The summed E-state index contributed by atoms with van der Waals surface area (Å²) >= 11 is 0. The van der Waals surface area contributed by atoms with Crippen molar-refractivity contribution >= 4 is 0 Å². The molecular formula is C25H27FN2. The van der Waals surface area contributed by atoms with Gasteiger partial charge in [0.1, 0.15) is 5.82 Å². The van der Waals surface area contributed by atoms with Crippen molar-refractivity contribution in [2.75, 3.05) is 19.6 Å². The predicted molar refractivity (Wildman–Crippen MR) is 112 cm³/mol. The van der Waals surface area contributed by atoms with E-state index in [1.54, 1.807) is 0 Å². The summed E-state index contributed by atoms with van der Waals surface area (Å²) < 4.78 is 13.1. The van der Waals surface area contributed by atoms with E-state index >= 15 is 0 Å². The lowest BCUT2D eigenvalue weighted by molar-refractivity contribution is 0.208.